The molecular formula is C22H11ClF3N3O4S. The first kappa shape index (κ1) is 23.3. The number of hydrogen-bond donors (Lipinski definition) is 1. The van der Waals surface area contributed by atoms with Crippen LogP contribution in [-0.4, -0.2) is 20.2 Å². The second-order valence-electron chi connectivity index (χ2n) is 7.08. The SMILES string of the molecule is N#Cc1cccc(N2C(=O)c3cccc(NS(=O)(=O)c4ccc(Cl)c(C(F)(F)F)c4)c3C2=O)c1. The molecule has 1 N–H and O–H groups in total. The summed E-state index contributed by atoms with van der Waals surface area (Å²) >= 11 is 5.56. The molecule has 0 radical (unpaired) electrons. The molecule has 12 heteroatoms. The zero-order valence-corrected chi connectivity index (χ0v) is 18.3. The van der Waals surface area contributed by atoms with E-state index in [0.29, 0.717) is 6.07 Å². The number of rotatable bonds is 4. The predicted octanol–water partition coefficient (Wildman–Crippen LogP) is 4.83. The van der Waals surface area contributed by atoms with Gasteiger partial charge in [-0.05, 0) is 48.5 Å². The number of nitrogens with one attached hydrogen (secondary N) is 1. The van der Waals surface area contributed by atoms with Gasteiger partial charge in [0.05, 0.1) is 49.6 Å². The van der Waals surface area contributed by atoms with E-state index in [4.69, 9.17) is 16.9 Å². The number of imide groups is 1. The minimum absolute atomic E-state index is 0.103. The Hall–Kier alpha value is -3.88. The summed E-state index contributed by atoms with van der Waals surface area (Å²) in [5.74, 6) is -1.61. The number of hydrogen-bond acceptors (Lipinski definition) is 5. The Morgan fingerprint density at radius 3 is 2.35 bits per heavy atom. The van der Waals surface area contributed by atoms with E-state index in [1.54, 1.807) is 0 Å². The van der Waals surface area contributed by atoms with Crippen LogP contribution in [-0.2, 0) is 16.2 Å². The van der Waals surface area contributed by atoms with Crippen molar-refractivity contribution in [3.63, 3.8) is 0 Å². The van der Waals surface area contributed by atoms with Crippen molar-refractivity contribution in [3.8, 4) is 6.07 Å². The van der Waals surface area contributed by atoms with Crippen LogP contribution >= 0.6 is 11.6 Å². The average Bonchev–Trinajstić information content (AvgIpc) is 3.03. The van der Waals surface area contributed by atoms with Crippen molar-refractivity contribution in [1.29, 1.82) is 5.26 Å². The number of nitrogens with zero attached hydrogens (tertiary/aromatic N) is 2. The van der Waals surface area contributed by atoms with E-state index in [2.05, 4.69) is 4.72 Å². The first-order valence-electron chi connectivity index (χ1n) is 9.35. The van der Waals surface area contributed by atoms with Gasteiger partial charge in [0.1, 0.15) is 0 Å². The number of fused-ring (bicyclic) bond motifs is 1. The monoisotopic (exact) mass is 505 g/mol. The molecule has 1 heterocycles. The van der Waals surface area contributed by atoms with Crippen LogP contribution in [0.5, 0.6) is 0 Å². The molecule has 34 heavy (non-hydrogen) atoms. The Labute approximate surface area is 196 Å². The molecule has 0 fully saturated rings. The lowest BCUT2D eigenvalue weighted by Gasteiger charge is -2.15. The highest BCUT2D eigenvalue weighted by Crippen LogP contribution is 2.37. The molecule has 0 spiro atoms. The number of halogens is 4. The molecule has 0 atom stereocenters. The number of nitriles is 1. The third kappa shape index (κ3) is 3.98. The molecule has 0 saturated heterocycles. The van der Waals surface area contributed by atoms with Crippen molar-refractivity contribution in [2.45, 2.75) is 11.1 Å². The molecule has 172 valence electrons. The molecule has 1 aliphatic heterocycles. The largest absolute Gasteiger partial charge is 0.417 e. The molecule has 7 nitrogen and oxygen atoms in total. The molecule has 0 saturated carbocycles. The van der Waals surface area contributed by atoms with Gasteiger partial charge >= 0.3 is 6.18 Å². The summed E-state index contributed by atoms with van der Waals surface area (Å²) in [6.45, 7) is 0. The Balaban J connectivity index is 1.75. The minimum Gasteiger partial charge on any atom is -0.279 e. The summed E-state index contributed by atoms with van der Waals surface area (Å²) in [5, 5.41) is 8.41. The summed E-state index contributed by atoms with van der Waals surface area (Å²) < 4.78 is 67.3. The molecule has 1 aliphatic rings. The molecule has 2 amide bonds. The Bertz CT molecular complexity index is 1510. The van der Waals surface area contributed by atoms with E-state index in [0.717, 1.165) is 17.0 Å². The topological polar surface area (TPSA) is 107 Å². The molecular weight excluding hydrogens is 495 g/mol. The summed E-state index contributed by atoms with van der Waals surface area (Å²) in [4.78, 5) is 26.0. The third-order valence-electron chi connectivity index (χ3n) is 4.95. The Kier molecular flexibility index (Phi) is 5.59. The van der Waals surface area contributed by atoms with E-state index in [-0.39, 0.29) is 28.1 Å². The van der Waals surface area contributed by atoms with Gasteiger partial charge in [0, 0.05) is 0 Å². The van der Waals surface area contributed by atoms with Crippen LogP contribution < -0.4 is 9.62 Å². The van der Waals surface area contributed by atoms with Crippen molar-refractivity contribution in [2.24, 2.45) is 0 Å². The Morgan fingerprint density at radius 2 is 1.68 bits per heavy atom. The molecule has 4 rings (SSSR count). The zero-order chi connectivity index (χ0) is 24.8. The van der Waals surface area contributed by atoms with Crippen molar-refractivity contribution in [2.75, 3.05) is 9.62 Å². The normalized spacial score (nSPS) is 13.6. The molecule has 3 aromatic rings. The predicted molar refractivity (Wildman–Crippen MR) is 116 cm³/mol. The number of amides is 2. The van der Waals surface area contributed by atoms with E-state index < -0.39 is 43.5 Å². The average molecular weight is 506 g/mol. The standard InChI is InChI=1S/C22H11ClF3N3O4S/c23-17-8-7-14(10-16(17)22(24,25)26)34(32,33)28-18-6-2-5-15-19(18)21(31)29(20(15)30)13-4-1-3-12(9-13)11-27/h1-10,28H. The third-order valence-corrected chi connectivity index (χ3v) is 6.64. The van der Waals surface area contributed by atoms with Gasteiger partial charge in [-0.15, -0.1) is 0 Å². The highest BCUT2D eigenvalue weighted by molar-refractivity contribution is 7.92. The van der Waals surface area contributed by atoms with E-state index >= 15 is 0 Å². The van der Waals surface area contributed by atoms with E-state index in [9.17, 15) is 31.2 Å². The van der Waals surface area contributed by atoms with Crippen LogP contribution in [0.4, 0.5) is 24.5 Å². The van der Waals surface area contributed by atoms with Crippen LogP contribution in [0.3, 0.4) is 0 Å². The first-order chi connectivity index (χ1) is 15.9. The van der Waals surface area contributed by atoms with E-state index in [1.807, 2.05) is 6.07 Å². The van der Waals surface area contributed by atoms with Crippen LogP contribution in [0.2, 0.25) is 5.02 Å². The van der Waals surface area contributed by atoms with Gasteiger partial charge in [0.2, 0.25) is 0 Å². The fraction of sp³-hybridized carbons (Fsp3) is 0.0455. The number of sulfonamides is 1. The fourth-order valence-electron chi connectivity index (χ4n) is 3.41. The maximum Gasteiger partial charge on any atom is 0.417 e. The van der Waals surface area contributed by atoms with Gasteiger partial charge in [-0.25, -0.2) is 13.3 Å². The molecule has 0 aliphatic carbocycles. The van der Waals surface area contributed by atoms with Gasteiger partial charge in [0.25, 0.3) is 21.8 Å². The maximum atomic E-state index is 13.2. The number of carbonyl (C=O) groups is 2. The highest BCUT2D eigenvalue weighted by atomic mass is 35.5. The van der Waals surface area contributed by atoms with Crippen LogP contribution in [0.15, 0.2) is 65.6 Å². The highest BCUT2D eigenvalue weighted by Gasteiger charge is 2.40. The Morgan fingerprint density at radius 1 is 0.971 bits per heavy atom. The number of alkyl halides is 3. The lowest BCUT2D eigenvalue weighted by Crippen LogP contribution is -2.29. The van der Waals surface area contributed by atoms with Gasteiger partial charge in [0.15, 0.2) is 0 Å². The van der Waals surface area contributed by atoms with Crippen molar-refractivity contribution < 1.29 is 31.2 Å². The smallest absolute Gasteiger partial charge is 0.279 e. The van der Waals surface area contributed by atoms with Gasteiger partial charge in [-0.1, -0.05) is 23.7 Å². The summed E-state index contributed by atoms with van der Waals surface area (Å²) in [6.07, 6.45) is -4.89. The van der Waals surface area contributed by atoms with Gasteiger partial charge in [-0.3, -0.25) is 14.3 Å². The quantitative estimate of drug-likeness (QED) is 0.511. The minimum atomic E-state index is -4.89. The summed E-state index contributed by atoms with van der Waals surface area (Å²) in [5.41, 5.74) is -1.73. The fourth-order valence-corrected chi connectivity index (χ4v) is 4.73. The summed E-state index contributed by atoms with van der Waals surface area (Å²) in [7, 11) is -4.60. The van der Waals surface area contributed by atoms with Crippen LogP contribution in [0.1, 0.15) is 31.8 Å². The number of carbonyl (C=O) groups excluding carboxylic acids is 2. The second-order valence-corrected chi connectivity index (χ2v) is 9.17. The molecule has 0 aromatic heterocycles. The molecule has 0 bridgehead atoms. The zero-order valence-electron chi connectivity index (χ0n) is 16.7. The summed E-state index contributed by atoms with van der Waals surface area (Å²) in [6, 6.07) is 13.5. The van der Waals surface area contributed by atoms with Crippen molar-refractivity contribution in [1.82, 2.24) is 0 Å². The van der Waals surface area contributed by atoms with Crippen LogP contribution in [0.25, 0.3) is 0 Å². The second kappa shape index (κ2) is 8.16. The lowest BCUT2D eigenvalue weighted by molar-refractivity contribution is -0.137. The van der Waals surface area contributed by atoms with Crippen LogP contribution in [0, 0.1) is 11.3 Å². The van der Waals surface area contributed by atoms with Crippen molar-refractivity contribution >= 4 is 44.8 Å². The maximum absolute atomic E-state index is 13.2. The lowest BCUT2D eigenvalue weighted by atomic mass is 10.1. The first-order valence-corrected chi connectivity index (χ1v) is 11.2. The molecule has 0 unspecified atom stereocenters. The molecule has 3 aromatic carbocycles. The van der Waals surface area contributed by atoms with E-state index in [1.165, 1.54) is 42.5 Å². The number of benzene rings is 3. The van der Waals surface area contributed by atoms with Gasteiger partial charge < -0.3 is 0 Å². The number of anilines is 2. The van der Waals surface area contributed by atoms with Gasteiger partial charge in [-0.2, -0.15) is 18.4 Å². The van der Waals surface area contributed by atoms with Crippen molar-refractivity contribution in [3.05, 3.63) is 87.9 Å².